The second-order valence-electron chi connectivity index (χ2n) is 8.85. The molecule has 0 aromatic heterocycles. The van der Waals surface area contributed by atoms with Gasteiger partial charge in [0.2, 0.25) is 5.91 Å². The van der Waals surface area contributed by atoms with Crippen LogP contribution in [0.2, 0.25) is 0 Å². The Labute approximate surface area is 211 Å². The van der Waals surface area contributed by atoms with E-state index in [4.69, 9.17) is 9.47 Å². The van der Waals surface area contributed by atoms with Crippen molar-refractivity contribution in [3.05, 3.63) is 65.5 Å². The summed E-state index contributed by atoms with van der Waals surface area (Å²) in [4.78, 5) is 30.2. The van der Waals surface area contributed by atoms with Gasteiger partial charge in [-0.1, -0.05) is 43.3 Å². The third-order valence-electron chi connectivity index (χ3n) is 6.62. The molecule has 2 aromatic rings. The molecule has 36 heavy (non-hydrogen) atoms. The number of hydrogen-bond acceptors (Lipinski definition) is 6. The van der Waals surface area contributed by atoms with Gasteiger partial charge in [0.15, 0.2) is 0 Å². The number of para-hydroxylation sites is 1. The predicted octanol–water partition coefficient (Wildman–Crippen LogP) is 3.08. The number of benzene rings is 2. The van der Waals surface area contributed by atoms with Gasteiger partial charge in [-0.05, 0) is 12.1 Å². The lowest BCUT2D eigenvalue weighted by molar-refractivity contribution is -0.141. The zero-order chi connectivity index (χ0) is 25.5. The first-order valence-electron chi connectivity index (χ1n) is 12.4. The lowest BCUT2D eigenvalue weighted by Crippen LogP contribution is -2.46. The average molecular weight is 497 g/mol. The van der Waals surface area contributed by atoms with Gasteiger partial charge < -0.3 is 14.4 Å². The van der Waals surface area contributed by atoms with Crippen LogP contribution >= 0.6 is 0 Å². The SMILES string of the molecule is CCC(=O)N(CCN1CCOCC1)CC(=O)N1N=C(c2ccccc2F)C[C@H]1c1ccccc1OC. The van der Waals surface area contributed by atoms with Crippen LogP contribution in [0.1, 0.15) is 36.9 Å². The van der Waals surface area contributed by atoms with E-state index in [1.807, 2.05) is 24.3 Å². The van der Waals surface area contributed by atoms with E-state index in [1.54, 1.807) is 37.1 Å². The Morgan fingerprint density at radius 3 is 2.58 bits per heavy atom. The van der Waals surface area contributed by atoms with Crippen molar-refractivity contribution in [1.82, 2.24) is 14.8 Å². The number of carbonyl (C=O) groups is 2. The van der Waals surface area contributed by atoms with Gasteiger partial charge in [0.05, 0.1) is 32.1 Å². The van der Waals surface area contributed by atoms with Crippen LogP contribution in [0.4, 0.5) is 4.39 Å². The van der Waals surface area contributed by atoms with Gasteiger partial charge in [-0.3, -0.25) is 14.5 Å². The Bertz CT molecular complexity index is 1100. The molecule has 0 radical (unpaired) electrons. The van der Waals surface area contributed by atoms with Crippen molar-refractivity contribution in [1.29, 1.82) is 0 Å². The van der Waals surface area contributed by atoms with Gasteiger partial charge in [-0.2, -0.15) is 5.10 Å². The van der Waals surface area contributed by atoms with Crippen LogP contribution in [-0.2, 0) is 14.3 Å². The number of methoxy groups -OCH3 is 1. The average Bonchev–Trinajstić information content (AvgIpc) is 3.36. The zero-order valence-corrected chi connectivity index (χ0v) is 20.9. The predicted molar refractivity (Wildman–Crippen MR) is 134 cm³/mol. The first-order valence-corrected chi connectivity index (χ1v) is 12.4. The molecule has 4 rings (SSSR count). The van der Waals surface area contributed by atoms with Gasteiger partial charge in [0.1, 0.15) is 18.1 Å². The lowest BCUT2D eigenvalue weighted by Gasteiger charge is -2.31. The van der Waals surface area contributed by atoms with Crippen LogP contribution in [0, 0.1) is 5.82 Å². The molecule has 1 saturated heterocycles. The number of morpholine rings is 1. The molecule has 2 heterocycles. The molecule has 2 aromatic carbocycles. The Kier molecular flexibility index (Phi) is 8.66. The van der Waals surface area contributed by atoms with Gasteiger partial charge in [0, 0.05) is 50.1 Å². The topological polar surface area (TPSA) is 74.7 Å². The first kappa shape index (κ1) is 25.8. The minimum Gasteiger partial charge on any atom is -0.496 e. The highest BCUT2D eigenvalue weighted by Gasteiger charge is 2.36. The molecule has 2 aliphatic rings. The summed E-state index contributed by atoms with van der Waals surface area (Å²) in [6.07, 6.45) is 0.638. The van der Waals surface area contributed by atoms with Crippen molar-refractivity contribution in [3.8, 4) is 5.75 Å². The van der Waals surface area contributed by atoms with E-state index in [2.05, 4.69) is 10.0 Å². The number of rotatable bonds is 9. The molecular formula is C27H33FN4O4. The van der Waals surface area contributed by atoms with Gasteiger partial charge >= 0.3 is 0 Å². The number of halogens is 1. The van der Waals surface area contributed by atoms with Crippen molar-refractivity contribution >= 4 is 17.5 Å². The quantitative estimate of drug-likeness (QED) is 0.534. The van der Waals surface area contributed by atoms with Crippen molar-refractivity contribution in [2.75, 3.05) is 53.0 Å². The number of nitrogens with zero attached hydrogens (tertiary/aromatic N) is 4. The van der Waals surface area contributed by atoms with Gasteiger partial charge in [-0.15, -0.1) is 0 Å². The highest BCUT2D eigenvalue weighted by molar-refractivity contribution is 6.03. The minimum absolute atomic E-state index is 0.0945. The minimum atomic E-state index is -0.471. The second kappa shape index (κ2) is 12.1. The molecule has 0 aliphatic carbocycles. The zero-order valence-electron chi connectivity index (χ0n) is 20.9. The Hall–Kier alpha value is -3.30. The lowest BCUT2D eigenvalue weighted by atomic mass is 9.97. The van der Waals surface area contributed by atoms with E-state index in [-0.39, 0.29) is 18.4 Å². The summed E-state index contributed by atoms with van der Waals surface area (Å²) in [6.45, 7) is 5.75. The van der Waals surface area contributed by atoms with Crippen LogP contribution in [0.25, 0.3) is 0 Å². The van der Waals surface area contributed by atoms with Crippen molar-refractivity contribution in [2.24, 2.45) is 5.10 Å². The number of hydrogen-bond donors (Lipinski definition) is 0. The monoisotopic (exact) mass is 496 g/mol. The van der Waals surface area contributed by atoms with E-state index in [0.29, 0.717) is 56.2 Å². The van der Waals surface area contributed by atoms with E-state index in [1.165, 1.54) is 11.1 Å². The smallest absolute Gasteiger partial charge is 0.262 e. The van der Waals surface area contributed by atoms with Crippen LogP contribution in [0.3, 0.4) is 0 Å². The number of ether oxygens (including phenoxy) is 2. The summed E-state index contributed by atoms with van der Waals surface area (Å²) in [7, 11) is 1.58. The summed E-state index contributed by atoms with van der Waals surface area (Å²) >= 11 is 0. The molecule has 0 N–H and O–H groups in total. The molecule has 2 aliphatic heterocycles. The maximum absolute atomic E-state index is 14.6. The largest absolute Gasteiger partial charge is 0.496 e. The van der Waals surface area contributed by atoms with Crippen molar-refractivity contribution in [3.63, 3.8) is 0 Å². The highest BCUT2D eigenvalue weighted by atomic mass is 19.1. The van der Waals surface area contributed by atoms with Crippen LogP contribution < -0.4 is 4.74 Å². The molecule has 0 saturated carbocycles. The Morgan fingerprint density at radius 2 is 1.86 bits per heavy atom. The maximum Gasteiger partial charge on any atom is 0.262 e. The third-order valence-corrected chi connectivity index (χ3v) is 6.62. The summed E-state index contributed by atoms with van der Waals surface area (Å²) in [5.74, 6) is -0.180. The van der Waals surface area contributed by atoms with E-state index in [0.717, 1.165) is 18.7 Å². The van der Waals surface area contributed by atoms with Gasteiger partial charge in [0.25, 0.3) is 5.91 Å². The molecule has 1 fully saturated rings. The van der Waals surface area contributed by atoms with Crippen LogP contribution in [0.5, 0.6) is 5.75 Å². The van der Waals surface area contributed by atoms with E-state index < -0.39 is 11.9 Å². The van der Waals surface area contributed by atoms with Crippen molar-refractivity contribution < 1.29 is 23.5 Å². The fourth-order valence-electron chi connectivity index (χ4n) is 4.62. The molecule has 1 atom stereocenters. The molecule has 0 spiro atoms. The van der Waals surface area contributed by atoms with E-state index in [9.17, 15) is 14.0 Å². The third kappa shape index (κ3) is 5.91. The normalized spacial score (nSPS) is 18.1. The maximum atomic E-state index is 14.6. The number of amides is 2. The second-order valence-corrected chi connectivity index (χ2v) is 8.85. The fraction of sp³-hybridized carbons (Fsp3) is 0.444. The molecular weight excluding hydrogens is 463 g/mol. The summed E-state index contributed by atoms with van der Waals surface area (Å²) in [6, 6.07) is 13.4. The summed E-state index contributed by atoms with van der Waals surface area (Å²) < 4.78 is 25.6. The molecule has 0 bridgehead atoms. The van der Waals surface area contributed by atoms with E-state index >= 15 is 0 Å². The van der Waals surface area contributed by atoms with Crippen LogP contribution in [-0.4, -0.2) is 85.4 Å². The Balaban J connectivity index is 1.58. The Morgan fingerprint density at radius 1 is 1.14 bits per heavy atom. The fourth-order valence-corrected chi connectivity index (χ4v) is 4.62. The number of hydrazone groups is 1. The molecule has 8 nitrogen and oxygen atoms in total. The molecule has 2 amide bonds. The first-order chi connectivity index (χ1) is 17.5. The van der Waals surface area contributed by atoms with Gasteiger partial charge in [-0.25, -0.2) is 9.40 Å². The summed E-state index contributed by atoms with van der Waals surface area (Å²) in [5.41, 5.74) is 1.63. The van der Waals surface area contributed by atoms with Crippen molar-refractivity contribution in [2.45, 2.75) is 25.8 Å². The molecule has 0 unspecified atom stereocenters. The standard InChI is InChI=1S/C27H33FN4O4/c1-3-26(33)31(13-12-30-14-16-36-17-15-30)19-27(34)32-24(21-9-5-7-11-25(21)35-2)18-23(29-32)20-8-4-6-10-22(20)28/h4-11,24H,3,12-19H2,1-2H3/t24-/m0/s1. The highest BCUT2D eigenvalue weighted by Crippen LogP contribution is 2.37. The number of carbonyl (C=O) groups excluding carboxylic acids is 2. The summed E-state index contributed by atoms with van der Waals surface area (Å²) in [5, 5.41) is 5.97. The molecule has 192 valence electrons. The van der Waals surface area contributed by atoms with Crippen LogP contribution in [0.15, 0.2) is 53.6 Å². The molecule has 9 heteroatoms.